The quantitative estimate of drug-likeness (QED) is 0.770. The zero-order valence-corrected chi connectivity index (χ0v) is 11.1. The Morgan fingerprint density at radius 2 is 1.94 bits per heavy atom. The van der Waals surface area contributed by atoms with Crippen molar-refractivity contribution in [1.29, 1.82) is 0 Å². The van der Waals surface area contributed by atoms with Crippen LogP contribution in [-0.4, -0.2) is 54.0 Å². The van der Waals surface area contributed by atoms with E-state index in [1.807, 2.05) is 11.8 Å². The van der Waals surface area contributed by atoms with Crippen molar-refractivity contribution >= 4 is 5.91 Å². The Hall–Kier alpha value is -0.610. The molecule has 4 nitrogen and oxygen atoms in total. The number of amides is 1. The van der Waals surface area contributed by atoms with E-state index >= 15 is 0 Å². The van der Waals surface area contributed by atoms with Crippen LogP contribution in [0.15, 0.2) is 0 Å². The van der Waals surface area contributed by atoms with Gasteiger partial charge >= 0.3 is 0 Å². The molecule has 0 aromatic heterocycles. The van der Waals surface area contributed by atoms with Gasteiger partial charge in [-0.25, -0.2) is 0 Å². The summed E-state index contributed by atoms with van der Waals surface area (Å²) in [7, 11) is 0. The van der Waals surface area contributed by atoms with Crippen LogP contribution in [0, 0.1) is 5.92 Å². The lowest BCUT2D eigenvalue weighted by Gasteiger charge is -2.39. The van der Waals surface area contributed by atoms with Gasteiger partial charge in [-0.05, 0) is 32.1 Å². The van der Waals surface area contributed by atoms with Crippen molar-refractivity contribution in [3.8, 4) is 0 Å². The molecule has 0 aromatic rings. The molecule has 17 heavy (non-hydrogen) atoms. The molecule has 2 fully saturated rings. The summed E-state index contributed by atoms with van der Waals surface area (Å²) in [6.07, 6.45) is 3.35. The molecule has 4 heteroatoms. The third kappa shape index (κ3) is 2.80. The number of nitrogens with zero attached hydrogens (tertiary/aromatic N) is 2. The first-order valence-electron chi connectivity index (χ1n) is 6.88. The third-order valence-corrected chi connectivity index (χ3v) is 4.33. The van der Waals surface area contributed by atoms with E-state index in [-0.39, 0.29) is 6.04 Å². The topological polar surface area (TPSA) is 49.6 Å². The molecule has 2 aliphatic rings. The van der Waals surface area contributed by atoms with E-state index in [1.165, 1.54) is 12.8 Å². The molecule has 3 unspecified atom stereocenters. The second-order valence-electron chi connectivity index (χ2n) is 5.63. The molecule has 2 rings (SSSR count). The van der Waals surface area contributed by atoms with E-state index in [1.54, 1.807) is 0 Å². The Morgan fingerprint density at radius 1 is 1.29 bits per heavy atom. The lowest BCUT2D eigenvalue weighted by Crippen LogP contribution is -2.53. The fourth-order valence-electron chi connectivity index (χ4n) is 2.91. The van der Waals surface area contributed by atoms with Gasteiger partial charge in [0.2, 0.25) is 5.91 Å². The molecule has 98 valence electrons. The van der Waals surface area contributed by atoms with Gasteiger partial charge in [0.1, 0.15) is 0 Å². The van der Waals surface area contributed by atoms with Crippen LogP contribution in [0.2, 0.25) is 0 Å². The molecule has 3 atom stereocenters. The maximum absolute atomic E-state index is 12.3. The minimum atomic E-state index is 0.0306. The molecule has 0 aliphatic carbocycles. The predicted octanol–water partition coefficient (Wildman–Crippen LogP) is 0.666. The van der Waals surface area contributed by atoms with Crippen LogP contribution in [0.3, 0.4) is 0 Å². The van der Waals surface area contributed by atoms with Gasteiger partial charge in [0.05, 0.1) is 6.04 Å². The SMILES string of the molecule is CC1CN(C(C)C(=O)N2CCCC2)CCC1N. The highest BCUT2D eigenvalue weighted by Gasteiger charge is 2.32. The number of hydrogen-bond acceptors (Lipinski definition) is 3. The number of carbonyl (C=O) groups excluding carboxylic acids is 1. The van der Waals surface area contributed by atoms with Crippen molar-refractivity contribution in [3.63, 3.8) is 0 Å². The molecule has 2 saturated heterocycles. The molecular weight excluding hydrogens is 214 g/mol. The number of likely N-dealkylation sites (tertiary alicyclic amines) is 2. The lowest BCUT2D eigenvalue weighted by molar-refractivity contribution is -0.136. The smallest absolute Gasteiger partial charge is 0.239 e. The van der Waals surface area contributed by atoms with Gasteiger partial charge in [-0.3, -0.25) is 9.69 Å². The van der Waals surface area contributed by atoms with Gasteiger partial charge in [-0.15, -0.1) is 0 Å². The molecule has 0 saturated carbocycles. The largest absolute Gasteiger partial charge is 0.341 e. The highest BCUT2D eigenvalue weighted by Crippen LogP contribution is 2.19. The van der Waals surface area contributed by atoms with Crippen LogP contribution in [0.25, 0.3) is 0 Å². The summed E-state index contributed by atoms with van der Waals surface area (Å²) in [6.45, 7) is 8.06. The third-order valence-electron chi connectivity index (χ3n) is 4.33. The van der Waals surface area contributed by atoms with Gasteiger partial charge < -0.3 is 10.6 Å². The summed E-state index contributed by atoms with van der Waals surface area (Å²) in [4.78, 5) is 16.6. The molecule has 0 radical (unpaired) electrons. The minimum Gasteiger partial charge on any atom is -0.341 e. The molecule has 2 heterocycles. The van der Waals surface area contributed by atoms with Gasteiger partial charge in [0.15, 0.2) is 0 Å². The standard InChI is InChI=1S/C13H25N3O/c1-10-9-16(8-5-12(10)14)11(2)13(17)15-6-3-4-7-15/h10-12H,3-9,14H2,1-2H3. The molecule has 2 aliphatic heterocycles. The summed E-state index contributed by atoms with van der Waals surface area (Å²) in [5.41, 5.74) is 6.02. The average Bonchev–Trinajstić information content (AvgIpc) is 2.84. The summed E-state index contributed by atoms with van der Waals surface area (Å²) < 4.78 is 0. The molecule has 2 N–H and O–H groups in total. The summed E-state index contributed by atoms with van der Waals surface area (Å²) in [5.74, 6) is 0.808. The van der Waals surface area contributed by atoms with Gasteiger partial charge in [0, 0.05) is 32.2 Å². The van der Waals surface area contributed by atoms with Gasteiger partial charge in [-0.1, -0.05) is 6.92 Å². The van der Waals surface area contributed by atoms with E-state index in [0.717, 1.165) is 32.6 Å². The molecule has 0 bridgehead atoms. The van der Waals surface area contributed by atoms with Crippen molar-refractivity contribution in [2.45, 2.75) is 45.2 Å². The van der Waals surface area contributed by atoms with E-state index in [9.17, 15) is 4.79 Å². The Balaban J connectivity index is 1.90. The van der Waals surface area contributed by atoms with Crippen molar-refractivity contribution in [3.05, 3.63) is 0 Å². The van der Waals surface area contributed by atoms with Crippen LogP contribution in [0.4, 0.5) is 0 Å². The fourth-order valence-corrected chi connectivity index (χ4v) is 2.91. The first kappa shape index (κ1) is 12.8. The summed E-state index contributed by atoms with van der Waals surface area (Å²) in [6, 6.07) is 0.336. The second-order valence-corrected chi connectivity index (χ2v) is 5.63. The summed E-state index contributed by atoms with van der Waals surface area (Å²) >= 11 is 0. The van der Waals surface area contributed by atoms with Crippen molar-refractivity contribution in [2.75, 3.05) is 26.2 Å². The second kappa shape index (κ2) is 5.36. The molecule has 0 spiro atoms. The minimum absolute atomic E-state index is 0.0306. The molecule has 1 amide bonds. The van der Waals surface area contributed by atoms with Crippen LogP contribution < -0.4 is 5.73 Å². The maximum atomic E-state index is 12.3. The van der Waals surface area contributed by atoms with Gasteiger partial charge in [0.25, 0.3) is 0 Å². The maximum Gasteiger partial charge on any atom is 0.239 e. The van der Waals surface area contributed by atoms with Crippen LogP contribution in [-0.2, 0) is 4.79 Å². The predicted molar refractivity (Wildman–Crippen MR) is 68.6 cm³/mol. The Morgan fingerprint density at radius 3 is 2.53 bits per heavy atom. The number of carbonyl (C=O) groups is 1. The normalized spacial score (nSPS) is 32.8. The van der Waals surface area contributed by atoms with Crippen LogP contribution in [0.5, 0.6) is 0 Å². The van der Waals surface area contributed by atoms with Crippen LogP contribution in [0.1, 0.15) is 33.1 Å². The zero-order chi connectivity index (χ0) is 12.4. The van der Waals surface area contributed by atoms with Crippen molar-refractivity contribution in [2.24, 2.45) is 11.7 Å². The highest BCUT2D eigenvalue weighted by molar-refractivity contribution is 5.81. The number of nitrogens with two attached hydrogens (primary N) is 1. The first-order chi connectivity index (χ1) is 8.09. The van der Waals surface area contributed by atoms with Crippen molar-refractivity contribution < 1.29 is 4.79 Å². The zero-order valence-electron chi connectivity index (χ0n) is 11.1. The Labute approximate surface area is 104 Å². The van der Waals surface area contributed by atoms with E-state index in [0.29, 0.717) is 17.9 Å². The average molecular weight is 239 g/mol. The number of rotatable bonds is 2. The number of hydrogen-bond donors (Lipinski definition) is 1. The Bertz CT molecular complexity index is 276. The lowest BCUT2D eigenvalue weighted by atomic mass is 9.93. The first-order valence-corrected chi connectivity index (χ1v) is 6.88. The summed E-state index contributed by atoms with van der Waals surface area (Å²) in [5, 5.41) is 0. The molecular formula is C13H25N3O. The number of piperidine rings is 1. The van der Waals surface area contributed by atoms with E-state index < -0.39 is 0 Å². The van der Waals surface area contributed by atoms with Gasteiger partial charge in [-0.2, -0.15) is 0 Å². The van der Waals surface area contributed by atoms with Crippen molar-refractivity contribution in [1.82, 2.24) is 9.80 Å². The van der Waals surface area contributed by atoms with E-state index in [4.69, 9.17) is 5.73 Å². The van der Waals surface area contributed by atoms with E-state index in [2.05, 4.69) is 11.8 Å². The molecule has 0 aromatic carbocycles. The highest BCUT2D eigenvalue weighted by atomic mass is 16.2. The Kier molecular flexibility index (Phi) is 4.05. The van der Waals surface area contributed by atoms with Crippen LogP contribution >= 0.6 is 0 Å². The monoisotopic (exact) mass is 239 g/mol. The fraction of sp³-hybridized carbons (Fsp3) is 0.923.